The third-order valence-electron chi connectivity index (χ3n) is 15.5. The summed E-state index contributed by atoms with van der Waals surface area (Å²) < 4.78 is 8.13. The molecule has 12 aromatic rings. The van der Waals surface area contributed by atoms with Crippen molar-refractivity contribution in [3.05, 3.63) is 265 Å². The van der Waals surface area contributed by atoms with Crippen molar-refractivity contribution in [2.24, 2.45) is 0 Å². The molecule has 0 bridgehead atoms. The molecule has 2 aliphatic heterocycles. The minimum Gasteiger partial charge on any atom is -0.456 e. The van der Waals surface area contributed by atoms with Gasteiger partial charge in [0.15, 0.2) is 5.69 Å². The number of nitrogens with zero attached hydrogens (tertiary/aromatic N) is 3. The van der Waals surface area contributed by atoms with Crippen LogP contribution in [0.4, 0.5) is 39.8 Å². The van der Waals surface area contributed by atoms with Crippen LogP contribution in [0.2, 0.25) is 0 Å². The van der Waals surface area contributed by atoms with Crippen LogP contribution in [0.15, 0.2) is 246 Å². The smallest absolute Gasteiger partial charge is 0.252 e. The SMILES string of the molecule is [C-]#[N+]c1ccc(C(C)(C)c2cc3c4c(c2)N(c2ccc(-c5ccccc5)cc2-c2csc5ccccc25)c2ccccc2B4c2ccccc2N3c2ccc(-c3ccccc3)cc2-c2cc3ccccc3o2)cc1. The van der Waals surface area contributed by atoms with Crippen molar-refractivity contribution in [3.8, 4) is 44.7 Å². The molecule has 0 unspecified atom stereocenters. The monoisotopic (exact) mass is 963 g/mol. The molecule has 2 aromatic heterocycles. The van der Waals surface area contributed by atoms with Crippen molar-refractivity contribution < 1.29 is 4.42 Å². The first-order chi connectivity index (χ1) is 36.4. The Kier molecular flexibility index (Phi) is 10.2. The fourth-order valence-corrected chi connectivity index (χ4v) is 12.7. The van der Waals surface area contributed by atoms with E-state index in [9.17, 15) is 0 Å². The van der Waals surface area contributed by atoms with E-state index in [1.807, 2.05) is 18.2 Å². The van der Waals surface area contributed by atoms with E-state index in [0.29, 0.717) is 5.69 Å². The molecule has 0 fully saturated rings. The number of thiophene rings is 1. The molecule has 6 heteroatoms. The Labute approximate surface area is 435 Å². The summed E-state index contributed by atoms with van der Waals surface area (Å²) in [7, 11) is 0. The van der Waals surface area contributed by atoms with Crippen LogP contribution in [-0.2, 0) is 5.41 Å². The van der Waals surface area contributed by atoms with Gasteiger partial charge >= 0.3 is 0 Å². The molecule has 0 atom stereocenters. The zero-order valence-electron chi connectivity index (χ0n) is 40.8. The third kappa shape index (κ3) is 6.96. The fourth-order valence-electron chi connectivity index (χ4n) is 11.7. The second-order valence-electron chi connectivity index (χ2n) is 19.9. The normalized spacial score (nSPS) is 12.6. The molecule has 0 aliphatic carbocycles. The summed E-state index contributed by atoms with van der Waals surface area (Å²) in [6.07, 6.45) is 0. The van der Waals surface area contributed by atoms with Crippen LogP contribution in [-0.4, -0.2) is 6.71 Å². The molecule has 4 heterocycles. The van der Waals surface area contributed by atoms with E-state index < -0.39 is 5.41 Å². The number of benzene rings is 10. The average Bonchev–Trinajstić information content (AvgIpc) is 4.11. The van der Waals surface area contributed by atoms with Crippen molar-refractivity contribution in [2.75, 3.05) is 9.80 Å². The lowest BCUT2D eigenvalue weighted by molar-refractivity contribution is 0.631. The minimum absolute atomic E-state index is 0.0812. The first-order valence-electron chi connectivity index (χ1n) is 25.2. The second kappa shape index (κ2) is 17.3. The summed E-state index contributed by atoms with van der Waals surface area (Å²) in [4.78, 5) is 8.85. The molecule has 0 saturated heterocycles. The molecule has 348 valence electrons. The van der Waals surface area contributed by atoms with Crippen LogP contribution >= 0.6 is 11.3 Å². The topological polar surface area (TPSA) is 24.0 Å². The maximum atomic E-state index is 7.80. The highest BCUT2D eigenvalue weighted by atomic mass is 32.1. The summed E-state index contributed by atoms with van der Waals surface area (Å²) in [5, 5.41) is 4.64. The van der Waals surface area contributed by atoms with E-state index in [1.54, 1.807) is 11.3 Å². The van der Waals surface area contributed by atoms with Crippen molar-refractivity contribution in [2.45, 2.75) is 19.3 Å². The number of para-hydroxylation sites is 3. The molecule has 14 rings (SSSR count). The van der Waals surface area contributed by atoms with E-state index in [-0.39, 0.29) is 6.71 Å². The van der Waals surface area contributed by atoms with E-state index in [2.05, 4.69) is 252 Å². The van der Waals surface area contributed by atoms with Crippen molar-refractivity contribution in [1.82, 2.24) is 0 Å². The first kappa shape index (κ1) is 43.6. The van der Waals surface area contributed by atoms with Crippen molar-refractivity contribution >= 4 is 95.3 Å². The molecule has 74 heavy (non-hydrogen) atoms. The van der Waals surface area contributed by atoms with Gasteiger partial charge in [0.1, 0.15) is 11.3 Å². The molecule has 10 aromatic carbocycles. The van der Waals surface area contributed by atoms with Crippen LogP contribution < -0.4 is 26.2 Å². The van der Waals surface area contributed by atoms with Gasteiger partial charge in [-0.15, -0.1) is 11.3 Å². The van der Waals surface area contributed by atoms with Gasteiger partial charge in [-0.2, -0.15) is 0 Å². The van der Waals surface area contributed by atoms with Gasteiger partial charge < -0.3 is 14.2 Å². The van der Waals surface area contributed by atoms with Gasteiger partial charge in [0.25, 0.3) is 6.71 Å². The quantitative estimate of drug-likeness (QED) is 0.112. The van der Waals surface area contributed by atoms with Crippen LogP contribution in [0, 0.1) is 6.57 Å². The van der Waals surface area contributed by atoms with Gasteiger partial charge in [-0.25, -0.2) is 4.85 Å². The van der Waals surface area contributed by atoms with Gasteiger partial charge in [-0.3, -0.25) is 0 Å². The predicted octanol–water partition coefficient (Wildman–Crippen LogP) is 17.3. The zero-order valence-corrected chi connectivity index (χ0v) is 41.6. The molecule has 0 spiro atoms. The van der Waals surface area contributed by atoms with E-state index in [0.717, 1.165) is 78.7 Å². The third-order valence-corrected chi connectivity index (χ3v) is 16.4. The van der Waals surface area contributed by atoms with Crippen molar-refractivity contribution in [1.29, 1.82) is 0 Å². The average molecular weight is 964 g/mol. The minimum atomic E-state index is -0.491. The Hall–Kier alpha value is -9.15. The van der Waals surface area contributed by atoms with Crippen LogP contribution in [0.25, 0.3) is 70.6 Å². The number of furan rings is 1. The maximum absolute atomic E-state index is 7.80. The van der Waals surface area contributed by atoms with Crippen molar-refractivity contribution in [3.63, 3.8) is 0 Å². The highest BCUT2D eigenvalue weighted by molar-refractivity contribution is 7.17. The van der Waals surface area contributed by atoms with Crippen LogP contribution in [0.3, 0.4) is 0 Å². The molecule has 0 amide bonds. The lowest BCUT2D eigenvalue weighted by atomic mass is 9.33. The van der Waals surface area contributed by atoms with Gasteiger partial charge in [0.05, 0.1) is 17.9 Å². The molecule has 2 aliphatic rings. The fraction of sp³-hybridized carbons (Fsp3) is 0.0441. The predicted molar refractivity (Wildman–Crippen MR) is 312 cm³/mol. The number of rotatable bonds is 8. The number of anilines is 6. The van der Waals surface area contributed by atoms with Crippen LogP contribution in [0.5, 0.6) is 0 Å². The molecule has 0 saturated carbocycles. The van der Waals surface area contributed by atoms with E-state index in [1.165, 1.54) is 48.7 Å². The van der Waals surface area contributed by atoms with E-state index >= 15 is 0 Å². The second-order valence-corrected chi connectivity index (χ2v) is 20.8. The van der Waals surface area contributed by atoms with Gasteiger partial charge in [-0.05, 0) is 122 Å². The zero-order chi connectivity index (χ0) is 49.5. The first-order valence-corrected chi connectivity index (χ1v) is 26.1. The Bertz CT molecular complexity index is 4170. The largest absolute Gasteiger partial charge is 0.456 e. The number of hydrogen-bond acceptors (Lipinski definition) is 4. The number of fused-ring (bicyclic) bond motifs is 6. The molecule has 4 nitrogen and oxygen atoms in total. The molecule has 0 N–H and O–H groups in total. The Morgan fingerprint density at radius 2 is 1.01 bits per heavy atom. The number of hydrogen-bond donors (Lipinski definition) is 0. The van der Waals surface area contributed by atoms with Gasteiger partial charge in [-0.1, -0.05) is 184 Å². The maximum Gasteiger partial charge on any atom is 0.252 e. The summed E-state index contributed by atoms with van der Waals surface area (Å²) >= 11 is 1.80. The Balaban J connectivity index is 1.09. The summed E-state index contributed by atoms with van der Waals surface area (Å²) in [6, 6.07) is 85.7. The highest BCUT2D eigenvalue weighted by Gasteiger charge is 2.45. The lowest BCUT2D eigenvalue weighted by Gasteiger charge is -2.45. The highest BCUT2D eigenvalue weighted by Crippen LogP contribution is 2.52. The Morgan fingerprint density at radius 3 is 1.65 bits per heavy atom. The summed E-state index contributed by atoms with van der Waals surface area (Å²) in [5.74, 6) is 0.807. The van der Waals surface area contributed by atoms with Gasteiger partial charge in [0.2, 0.25) is 0 Å². The molecular weight excluding hydrogens is 918 g/mol. The summed E-state index contributed by atoms with van der Waals surface area (Å²) in [6.45, 7) is 12.4. The molecule has 0 radical (unpaired) electrons. The standard InChI is InChI=1S/C68H46BN3OS/c1-68(2,49-32-34-51(70-3)35-33-49)50-41-62-67-63(42-50)72(59-37-31-47(45-20-8-5-9-21-45)39-54(59)65-40-48-22-10-16-28-64(48)73-65)61-27-15-13-25-57(61)69(67)56-24-12-14-26-60(56)71(62)58-36-30-46(44-18-6-4-7-19-44)38-53(58)55-43-74-66-29-17-11-23-52(55)66/h4-43H,1-2H3. The Morgan fingerprint density at radius 1 is 0.459 bits per heavy atom. The lowest BCUT2D eigenvalue weighted by Crippen LogP contribution is -2.61. The van der Waals surface area contributed by atoms with E-state index in [4.69, 9.17) is 11.0 Å². The summed E-state index contributed by atoms with van der Waals surface area (Å²) in [5.41, 5.74) is 21.6. The molecular formula is C68H46BN3OS. The van der Waals surface area contributed by atoms with Gasteiger partial charge in [0, 0.05) is 60.3 Å². The van der Waals surface area contributed by atoms with Crippen LogP contribution in [0.1, 0.15) is 25.0 Å².